The van der Waals surface area contributed by atoms with Crippen molar-refractivity contribution in [3.63, 3.8) is 0 Å². The van der Waals surface area contributed by atoms with E-state index in [9.17, 15) is 9.59 Å². The zero-order valence-corrected chi connectivity index (χ0v) is 18.4. The summed E-state index contributed by atoms with van der Waals surface area (Å²) < 4.78 is 7.84. The lowest BCUT2D eigenvalue weighted by atomic mass is 9.90. The molecular formula is C26H29N3O3. The van der Waals surface area contributed by atoms with Crippen LogP contribution in [0.4, 0.5) is 0 Å². The lowest BCUT2D eigenvalue weighted by Crippen LogP contribution is -2.42. The number of hydrogen-bond acceptors (Lipinski definition) is 4. The highest BCUT2D eigenvalue weighted by molar-refractivity contribution is 5.98. The molecule has 0 bridgehead atoms. The molecule has 6 heteroatoms. The van der Waals surface area contributed by atoms with Crippen LogP contribution < -0.4 is 4.74 Å². The fourth-order valence-electron chi connectivity index (χ4n) is 4.20. The van der Waals surface area contributed by atoms with Gasteiger partial charge in [-0.3, -0.25) is 9.59 Å². The fraction of sp³-hybridized carbons (Fsp3) is 0.346. The second-order valence-corrected chi connectivity index (χ2v) is 8.12. The SMILES string of the molecule is CCc1nccn1CCC(=O)N1CCC[C@H](C(=O)c2ccc(Oc3ccccc3)cc2)C1. The van der Waals surface area contributed by atoms with Gasteiger partial charge in [0.25, 0.3) is 0 Å². The molecule has 1 saturated heterocycles. The maximum absolute atomic E-state index is 13.1. The van der Waals surface area contributed by atoms with Crippen molar-refractivity contribution >= 4 is 11.7 Å². The molecule has 6 nitrogen and oxygen atoms in total. The first-order valence-corrected chi connectivity index (χ1v) is 11.3. The predicted octanol–water partition coefficient (Wildman–Crippen LogP) is 4.75. The van der Waals surface area contributed by atoms with Crippen LogP contribution in [0.15, 0.2) is 67.0 Å². The fourth-order valence-corrected chi connectivity index (χ4v) is 4.20. The van der Waals surface area contributed by atoms with Crippen molar-refractivity contribution in [1.82, 2.24) is 14.5 Å². The molecule has 0 aliphatic carbocycles. The number of ketones is 1. The number of Topliss-reactive ketones (excluding diaryl/α,β-unsaturated/α-hetero) is 1. The molecule has 4 rings (SSSR count). The number of benzene rings is 2. The van der Waals surface area contributed by atoms with Crippen molar-refractivity contribution in [3.8, 4) is 11.5 Å². The second-order valence-electron chi connectivity index (χ2n) is 8.12. The van der Waals surface area contributed by atoms with Gasteiger partial charge in [0.1, 0.15) is 17.3 Å². The molecule has 1 fully saturated rings. The molecule has 0 saturated carbocycles. The number of aromatic nitrogens is 2. The van der Waals surface area contributed by atoms with Gasteiger partial charge in [0.05, 0.1) is 0 Å². The number of likely N-dealkylation sites (tertiary alicyclic amines) is 1. The van der Waals surface area contributed by atoms with Crippen LogP contribution in [0.25, 0.3) is 0 Å². The van der Waals surface area contributed by atoms with Gasteiger partial charge in [0, 0.05) is 56.4 Å². The molecule has 0 unspecified atom stereocenters. The van der Waals surface area contributed by atoms with E-state index in [1.165, 1.54) is 0 Å². The number of hydrogen-bond donors (Lipinski definition) is 0. The Kier molecular flexibility index (Phi) is 7.00. The van der Waals surface area contributed by atoms with Gasteiger partial charge < -0.3 is 14.2 Å². The molecule has 2 aromatic carbocycles. The maximum Gasteiger partial charge on any atom is 0.224 e. The number of imidazole rings is 1. The van der Waals surface area contributed by atoms with Crippen LogP contribution in [-0.4, -0.2) is 39.2 Å². The quantitative estimate of drug-likeness (QED) is 0.483. The Labute approximate surface area is 188 Å². The van der Waals surface area contributed by atoms with Crippen molar-refractivity contribution in [3.05, 3.63) is 78.4 Å². The average Bonchev–Trinajstić information content (AvgIpc) is 3.31. The van der Waals surface area contributed by atoms with Crippen molar-refractivity contribution in [2.24, 2.45) is 5.92 Å². The molecule has 32 heavy (non-hydrogen) atoms. The number of carbonyl (C=O) groups excluding carboxylic acids is 2. The van der Waals surface area contributed by atoms with E-state index in [4.69, 9.17) is 4.74 Å². The van der Waals surface area contributed by atoms with Gasteiger partial charge in [0.15, 0.2) is 5.78 Å². The summed E-state index contributed by atoms with van der Waals surface area (Å²) in [6.07, 6.45) is 6.62. The minimum absolute atomic E-state index is 0.0941. The number of aryl methyl sites for hydroxylation is 2. The summed E-state index contributed by atoms with van der Waals surface area (Å²) in [7, 11) is 0. The van der Waals surface area contributed by atoms with Crippen molar-refractivity contribution < 1.29 is 14.3 Å². The highest BCUT2D eigenvalue weighted by Gasteiger charge is 2.29. The second kappa shape index (κ2) is 10.3. The van der Waals surface area contributed by atoms with Gasteiger partial charge in [-0.15, -0.1) is 0 Å². The number of carbonyl (C=O) groups is 2. The third kappa shape index (κ3) is 5.25. The Bertz CT molecular complexity index is 1040. The Morgan fingerprint density at radius 2 is 1.81 bits per heavy atom. The first-order chi connectivity index (χ1) is 15.6. The van der Waals surface area contributed by atoms with E-state index in [1.54, 1.807) is 6.20 Å². The summed E-state index contributed by atoms with van der Waals surface area (Å²) in [5, 5.41) is 0. The van der Waals surface area contributed by atoms with Gasteiger partial charge in [-0.05, 0) is 49.2 Å². The maximum atomic E-state index is 13.1. The molecule has 1 aliphatic heterocycles. The van der Waals surface area contributed by atoms with E-state index >= 15 is 0 Å². The summed E-state index contributed by atoms with van der Waals surface area (Å²) in [6.45, 7) is 3.89. The smallest absolute Gasteiger partial charge is 0.224 e. The van der Waals surface area contributed by atoms with Crippen molar-refractivity contribution in [2.75, 3.05) is 13.1 Å². The van der Waals surface area contributed by atoms with Gasteiger partial charge >= 0.3 is 0 Å². The van der Waals surface area contributed by atoms with Crippen LogP contribution in [0.5, 0.6) is 11.5 Å². The summed E-state index contributed by atoms with van der Waals surface area (Å²) in [5.74, 6) is 2.48. The Hall–Kier alpha value is -3.41. The first kappa shape index (κ1) is 21.8. The summed E-state index contributed by atoms with van der Waals surface area (Å²) in [4.78, 5) is 32.0. The number of ether oxygens (including phenoxy) is 1. The molecule has 1 aromatic heterocycles. The van der Waals surface area contributed by atoms with E-state index < -0.39 is 0 Å². The third-order valence-electron chi connectivity index (χ3n) is 5.95. The molecule has 1 atom stereocenters. The van der Waals surface area contributed by atoms with Crippen molar-refractivity contribution in [1.29, 1.82) is 0 Å². The van der Waals surface area contributed by atoms with Crippen LogP contribution >= 0.6 is 0 Å². The van der Waals surface area contributed by atoms with Gasteiger partial charge in [0.2, 0.25) is 5.91 Å². The van der Waals surface area contributed by atoms with Crippen molar-refractivity contribution in [2.45, 2.75) is 39.2 Å². The standard InChI is InChI=1S/C26H29N3O3/c1-2-24-27-15-18-28(24)17-14-25(30)29-16-6-7-21(19-29)26(31)20-10-12-23(13-11-20)32-22-8-4-3-5-9-22/h3-5,8-13,15,18,21H,2,6-7,14,16-17,19H2,1H3/t21-/m0/s1. The van der Waals surface area contributed by atoms with Gasteiger partial charge in [-0.2, -0.15) is 0 Å². The summed E-state index contributed by atoms with van der Waals surface area (Å²) in [6, 6.07) is 16.8. The first-order valence-electron chi connectivity index (χ1n) is 11.3. The Balaban J connectivity index is 1.33. The van der Waals surface area contributed by atoms with Crippen LogP contribution in [0, 0.1) is 5.92 Å². The highest BCUT2D eigenvalue weighted by atomic mass is 16.5. The Morgan fingerprint density at radius 1 is 1.06 bits per heavy atom. The van der Waals surface area contributed by atoms with Crippen LogP contribution in [0.1, 0.15) is 42.4 Å². The van der Waals surface area contributed by atoms with E-state index in [2.05, 4.69) is 11.9 Å². The molecule has 0 N–H and O–H groups in total. The Morgan fingerprint density at radius 3 is 2.56 bits per heavy atom. The average molecular weight is 432 g/mol. The molecule has 3 aromatic rings. The molecule has 2 heterocycles. The topological polar surface area (TPSA) is 64.4 Å². The zero-order chi connectivity index (χ0) is 22.3. The van der Waals surface area contributed by atoms with E-state index in [0.717, 1.165) is 37.4 Å². The van der Waals surface area contributed by atoms with E-state index in [0.29, 0.717) is 30.8 Å². The predicted molar refractivity (Wildman–Crippen MR) is 123 cm³/mol. The molecule has 0 spiro atoms. The minimum Gasteiger partial charge on any atom is -0.457 e. The number of para-hydroxylation sites is 1. The summed E-state index contributed by atoms with van der Waals surface area (Å²) >= 11 is 0. The third-order valence-corrected chi connectivity index (χ3v) is 5.95. The molecule has 1 aliphatic rings. The van der Waals surface area contributed by atoms with Gasteiger partial charge in [-0.25, -0.2) is 4.98 Å². The number of rotatable bonds is 8. The molecule has 166 valence electrons. The largest absolute Gasteiger partial charge is 0.457 e. The molecular weight excluding hydrogens is 402 g/mol. The van der Waals surface area contributed by atoms with E-state index in [-0.39, 0.29) is 17.6 Å². The lowest BCUT2D eigenvalue weighted by molar-refractivity contribution is -0.132. The van der Waals surface area contributed by atoms with E-state index in [1.807, 2.05) is 70.3 Å². The van der Waals surface area contributed by atoms with Gasteiger partial charge in [-0.1, -0.05) is 25.1 Å². The number of piperidine rings is 1. The minimum atomic E-state index is -0.159. The number of nitrogens with zero attached hydrogens (tertiary/aromatic N) is 3. The normalized spacial score (nSPS) is 16.0. The van der Waals surface area contributed by atoms with Crippen LogP contribution in [0.2, 0.25) is 0 Å². The monoisotopic (exact) mass is 431 g/mol. The van der Waals surface area contributed by atoms with Crippen LogP contribution in [0.3, 0.4) is 0 Å². The van der Waals surface area contributed by atoms with Crippen LogP contribution in [-0.2, 0) is 17.8 Å². The lowest BCUT2D eigenvalue weighted by Gasteiger charge is -2.32. The zero-order valence-electron chi connectivity index (χ0n) is 18.4. The molecule has 0 radical (unpaired) electrons. The molecule has 1 amide bonds. The highest BCUT2D eigenvalue weighted by Crippen LogP contribution is 2.25. The summed E-state index contributed by atoms with van der Waals surface area (Å²) in [5.41, 5.74) is 0.663. The number of amides is 1.